The predicted octanol–water partition coefficient (Wildman–Crippen LogP) is 1.94. The van der Waals surface area contributed by atoms with Crippen LogP contribution in [-0.4, -0.2) is 11.7 Å². The second-order valence-corrected chi connectivity index (χ2v) is 4.97. The third-order valence-corrected chi connectivity index (χ3v) is 3.16. The Kier molecular flexibility index (Phi) is 3.10. The van der Waals surface area contributed by atoms with Gasteiger partial charge in [-0.2, -0.15) is 0 Å². The first-order valence-corrected chi connectivity index (χ1v) is 5.87. The van der Waals surface area contributed by atoms with Gasteiger partial charge in [0.15, 0.2) is 0 Å². The summed E-state index contributed by atoms with van der Waals surface area (Å²) in [5.41, 5.74) is 8.23. The lowest BCUT2D eigenvalue weighted by Crippen LogP contribution is -2.21. The van der Waals surface area contributed by atoms with E-state index < -0.39 is 0 Å². The van der Waals surface area contributed by atoms with Crippen molar-refractivity contribution in [3.8, 4) is 0 Å². The van der Waals surface area contributed by atoms with Crippen molar-refractivity contribution in [2.75, 3.05) is 6.54 Å². The topological polar surface area (TPSA) is 52.0 Å². The summed E-state index contributed by atoms with van der Waals surface area (Å²) in [6, 6.07) is 0. The molecule has 0 amide bonds. The van der Waals surface area contributed by atoms with Crippen molar-refractivity contribution in [3.63, 3.8) is 0 Å². The maximum atomic E-state index is 5.69. The van der Waals surface area contributed by atoms with Gasteiger partial charge in [0.2, 0.25) is 0 Å². The van der Waals surface area contributed by atoms with Crippen LogP contribution in [0.1, 0.15) is 37.3 Å². The van der Waals surface area contributed by atoms with Crippen LogP contribution in [0.4, 0.5) is 0 Å². The summed E-state index contributed by atoms with van der Waals surface area (Å²) in [6.07, 6.45) is 4.31. The molecule has 0 saturated heterocycles. The molecule has 1 aromatic heterocycles. The molecule has 1 heterocycles. The molecule has 0 bridgehead atoms. The molecule has 0 radical (unpaired) electrons. The van der Waals surface area contributed by atoms with Crippen molar-refractivity contribution >= 4 is 0 Å². The van der Waals surface area contributed by atoms with Crippen LogP contribution < -0.4 is 5.73 Å². The van der Waals surface area contributed by atoms with Gasteiger partial charge >= 0.3 is 0 Å². The largest absolute Gasteiger partial charge is 0.361 e. The third kappa shape index (κ3) is 2.23. The van der Waals surface area contributed by atoms with E-state index in [9.17, 15) is 0 Å². The van der Waals surface area contributed by atoms with Crippen LogP contribution >= 0.6 is 0 Å². The first-order valence-electron chi connectivity index (χ1n) is 5.87. The molecule has 0 aliphatic heterocycles. The molecule has 3 nitrogen and oxygen atoms in total. The van der Waals surface area contributed by atoms with Gasteiger partial charge in [0.25, 0.3) is 0 Å². The van der Waals surface area contributed by atoms with Gasteiger partial charge in [-0.1, -0.05) is 19.0 Å². The zero-order chi connectivity index (χ0) is 10.8. The molecule has 1 aromatic rings. The van der Waals surface area contributed by atoms with Gasteiger partial charge in [-0.25, -0.2) is 0 Å². The molecule has 1 aliphatic carbocycles. The summed E-state index contributed by atoms with van der Waals surface area (Å²) in [7, 11) is 0. The van der Waals surface area contributed by atoms with Crippen molar-refractivity contribution in [3.05, 3.63) is 17.0 Å². The highest BCUT2D eigenvalue weighted by atomic mass is 16.5. The molecule has 1 unspecified atom stereocenters. The maximum Gasteiger partial charge on any atom is 0.140 e. The second kappa shape index (κ2) is 4.35. The smallest absolute Gasteiger partial charge is 0.140 e. The van der Waals surface area contributed by atoms with Crippen molar-refractivity contribution in [2.24, 2.45) is 17.6 Å². The SMILES string of the molecule is CC(C)Cc1noc2c1CCC(CN)C2. The van der Waals surface area contributed by atoms with Gasteiger partial charge in [-0.15, -0.1) is 0 Å². The van der Waals surface area contributed by atoms with E-state index in [0.29, 0.717) is 11.8 Å². The van der Waals surface area contributed by atoms with E-state index in [1.165, 1.54) is 17.7 Å². The van der Waals surface area contributed by atoms with Gasteiger partial charge in [0.1, 0.15) is 5.76 Å². The standard InChI is InChI=1S/C12H20N2O/c1-8(2)5-11-10-4-3-9(7-13)6-12(10)15-14-11/h8-9H,3-7,13H2,1-2H3. The van der Waals surface area contributed by atoms with E-state index in [1.54, 1.807) is 0 Å². The number of nitrogens with two attached hydrogens (primary N) is 1. The molecule has 0 spiro atoms. The lowest BCUT2D eigenvalue weighted by molar-refractivity contribution is 0.336. The molecule has 0 saturated carbocycles. The number of fused-ring (bicyclic) bond motifs is 1. The van der Waals surface area contributed by atoms with Crippen LogP contribution in [0.25, 0.3) is 0 Å². The monoisotopic (exact) mass is 208 g/mol. The molecule has 2 N–H and O–H groups in total. The van der Waals surface area contributed by atoms with E-state index in [2.05, 4.69) is 19.0 Å². The first kappa shape index (κ1) is 10.7. The molecule has 2 rings (SSSR count). The summed E-state index contributed by atoms with van der Waals surface area (Å²) < 4.78 is 5.41. The minimum Gasteiger partial charge on any atom is -0.361 e. The summed E-state index contributed by atoms with van der Waals surface area (Å²) in [5, 5.41) is 4.19. The third-order valence-electron chi connectivity index (χ3n) is 3.16. The van der Waals surface area contributed by atoms with Crippen LogP contribution in [0, 0.1) is 11.8 Å². The summed E-state index contributed by atoms with van der Waals surface area (Å²) in [6.45, 7) is 5.19. The van der Waals surface area contributed by atoms with E-state index in [0.717, 1.165) is 31.6 Å². The molecule has 84 valence electrons. The van der Waals surface area contributed by atoms with Crippen molar-refractivity contribution in [1.29, 1.82) is 0 Å². The quantitative estimate of drug-likeness (QED) is 0.825. The summed E-state index contributed by atoms with van der Waals surface area (Å²) in [4.78, 5) is 0. The Hall–Kier alpha value is -0.830. The molecule has 15 heavy (non-hydrogen) atoms. The zero-order valence-corrected chi connectivity index (χ0v) is 9.62. The lowest BCUT2D eigenvalue weighted by atomic mass is 9.86. The normalized spacial score (nSPS) is 20.7. The molecular weight excluding hydrogens is 188 g/mol. The Labute approximate surface area is 91.0 Å². The maximum absolute atomic E-state index is 5.69. The van der Waals surface area contributed by atoms with Crippen molar-refractivity contribution < 1.29 is 4.52 Å². The van der Waals surface area contributed by atoms with E-state index in [1.807, 2.05) is 0 Å². The number of hydrogen-bond acceptors (Lipinski definition) is 3. The minimum absolute atomic E-state index is 0.595. The Bertz CT molecular complexity index is 330. The average molecular weight is 208 g/mol. The Morgan fingerprint density at radius 1 is 1.53 bits per heavy atom. The summed E-state index contributed by atoms with van der Waals surface area (Å²) >= 11 is 0. The fourth-order valence-corrected chi connectivity index (χ4v) is 2.29. The van der Waals surface area contributed by atoms with Crippen LogP contribution in [0.3, 0.4) is 0 Å². The second-order valence-electron chi connectivity index (χ2n) is 4.97. The molecule has 1 atom stereocenters. The highest BCUT2D eigenvalue weighted by Crippen LogP contribution is 2.28. The van der Waals surface area contributed by atoms with Crippen LogP contribution in [0.2, 0.25) is 0 Å². The highest BCUT2D eigenvalue weighted by Gasteiger charge is 2.24. The van der Waals surface area contributed by atoms with Crippen LogP contribution in [0.15, 0.2) is 4.52 Å². The number of rotatable bonds is 3. The van der Waals surface area contributed by atoms with Crippen molar-refractivity contribution in [2.45, 2.75) is 39.5 Å². The summed E-state index contributed by atoms with van der Waals surface area (Å²) in [5.74, 6) is 2.33. The predicted molar refractivity (Wildman–Crippen MR) is 59.6 cm³/mol. The van der Waals surface area contributed by atoms with Crippen LogP contribution in [0.5, 0.6) is 0 Å². The number of aromatic nitrogens is 1. The zero-order valence-electron chi connectivity index (χ0n) is 9.62. The molecule has 0 aromatic carbocycles. The van der Waals surface area contributed by atoms with E-state index in [4.69, 9.17) is 10.3 Å². The Balaban J connectivity index is 2.15. The Morgan fingerprint density at radius 2 is 2.33 bits per heavy atom. The fourth-order valence-electron chi connectivity index (χ4n) is 2.29. The van der Waals surface area contributed by atoms with Gasteiger partial charge < -0.3 is 10.3 Å². The first-order chi connectivity index (χ1) is 7.20. The minimum atomic E-state index is 0.595. The van der Waals surface area contributed by atoms with E-state index in [-0.39, 0.29) is 0 Å². The van der Waals surface area contributed by atoms with Gasteiger partial charge in [-0.05, 0) is 37.6 Å². The number of hydrogen-bond donors (Lipinski definition) is 1. The molecule has 3 heteroatoms. The average Bonchev–Trinajstić information content (AvgIpc) is 2.60. The molecular formula is C12H20N2O. The number of nitrogens with zero attached hydrogens (tertiary/aromatic N) is 1. The van der Waals surface area contributed by atoms with Gasteiger partial charge in [-0.3, -0.25) is 0 Å². The highest BCUT2D eigenvalue weighted by molar-refractivity contribution is 5.26. The van der Waals surface area contributed by atoms with E-state index >= 15 is 0 Å². The fraction of sp³-hybridized carbons (Fsp3) is 0.750. The van der Waals surface area contributed by atoms with Crippen molar-refractivity contribution in [1.82, 2.24) is 5.16 Å². The lowest BCUT2D eigenvalue weighted by Gasteiger charge is -2.19. The van der Waals surface area contributed by atoms with Crippen LogP contribution in [-0.2, 0) is 19.3 Å². The molecule has 0 fully saturated rings. The molecule has 1 aliphatic rings. The van der Waals surface area contributed by atoms with Gasteiger partial charge in [0, 0.05) is 12.0 Å². The Morgan fingerprint density at radius 3 is 3.00 bits per heavy atom. The van der Waals surface area contributed by atoms with Gasteiger partial charge in [0.05, 0.1) is 5.69 Å².